The van der Waals surface area contributed by atoms with Crippen molar-refractivity contribution in [2.75, 3.05) is 7.05 Å². The molecule has 0 aromatic rings. The van der Waals surface area contributed by atoms with Gasteiger partial charge in [0.1, 0.15) is 5.84 Å². The normalized spacial score (nSPS) is 19.4. The number of unbranched alkanes of at least 4 members (excludes halogenated alkanes) is 1. The van der Waals surface area contributed by atoms with Crippen LogP contribution in [0, 0.1) is 5.92 Å². The summed E-state index contributed by atoms with van der Waals surface area (Å²) >= 11 is 0. The molecule has 0 aromatic carbocycles. The van der Waals surface area contributed by atoms with Crippen LogP contribution in [0.1, 0.15) is 51.9 Å². The van der Waals surface area contributed by atoms with Crippen LogP contribution >= 0.6 is 0 Å². The van der Waals surface area contributed by atoms with Gasteiger partial charge < -0.3 is 5.73 Å². The van der Waals surface area contributed by atoms with E-state index in [0.717, 1.165) is 18.4 Å². The van der Waals surface area contributed by atoms with Crippen LogP contribution in [0.15, 0.2) is 28.8 Å². The van der Waals surface area contributed by atoms with Crippen molar-refractivity contribution < 1.29 is 0 Å². The highest BCUT2D eigenvalue weighted by Crippen LogP contribution is 2.32. The third kappa shape index (κ3) is 4.03. The maximum atomic E-state index is 5.99. The van der Waals surface area contributed by atoms with E-state index in [4.69, 9.17) is 5.73 Å². The number of rotatable bonds is 5. The van der Waals surface area contributed by atoms with Gasteiger partial charge in [0.25, 0.3) is 0 Å². The number of hydrogen-bond donors (Lipinski definition) is 1. The number of aliphatic imine (C=N–C) groups is 1. The minimum atomic E-state index is 0.618. The second-order valence-electron chi connectivity index (χ2n) is 4.88. The van der Waals surface area contributed by atoms with E-state index in [9.17, 15) is 0 Å². The van der Waals surface area contributed by atoms with E-state index in [-0.39, 0.29) is 0 Å². The van der Waals surface area contributed by atoms with Gasteiger partial charge in [-0.25, -0.2) is 0 Å². The zero-order valence-electron chi connectivity index (χ0n) is 11.3. The summed E-state index contributed by atoms with van der Waals surface area (Å²) in [6.45, 7) is 6.45. The Morgan fingerprint density at radius 1 is 1.35 bits per heavy atom. The molecular weight excluding hydrogens is 208 g/mol. The van der Waals surface area contributed by atoms with E-state index in [1.807, 2.05) is 0 Å². The summed E-state index contributed by atoms with van der Waals surface area (Å²) in [5.74, 6) is 1.26. The quantitative estimate of drug-likeness (QED) is 0.438. The van der Waals surface area contributed by atoms with Crippen molar-refractivity contribution in [1.82, 2.24) is 0 Å². The van der Waals surface area contributed by atoms with Gasteiger partial charge in [0.05, 0.1) is 0 Å². The molecule has 17 heavy (non-hydrogen) atoms. The van der Waals surface area contributed by atoms with Crippen LogP contribution in [0.25, 0.3) is 0 Å². The SMILES string of the molecule is C=C(/C(=C/CCC)C(N)=NC)C1CCCCC1. The Labute approximate surface area is 106 Å². The Hall–Kier alpha value is -1.05. The molecule has 0 bridgehead atoms. The van der Waals surface area contributed by atoms with E-state index < -0.39 is 0 Å². The predicted octanol–water partition coefficient (Wildman–Crippen LogP) is 3.84. The Morgan fingerprint density at radius 2 is 2.00 bits per heavy atom. The van der Waals surface area contributed by atoms with Gasteiger partial charge >= 0.3 is 0 Å². The molecule has 0 aliphatic heterocycles. The Morgan fingerprint density at radius 3 is 2.53 bits per heavy atom. The lowest BCUT2D eigenvalue weighted by atomic mass is 9.81. The molecule has 0 atom stereocenters. The lowest BCUT2D eigenvalue weighted by molar-refractivity contribution is 0.407. The Kier molecular flexibility index (Phi) is 6.03. The number of hydrogen-bond acceptors (Lipinski definition) is 1. The van der Waals surface area contributed by atoms with Gasteiger partial charge in [0.2, 0.25) is 0 Å². The highest BCUT2D eigenvalue weighted by atomic mass is 14.8. The molecule has 2 N–H and O–H groups in total. The molecular formula is C15H26N2. The van der Waals surface area contributed by atoms with Crippen molar-refractivity contribution in [3.05, 3.63) is 23.8 Å². The number of amidine groups is 1. The molecule has 1 aliphatic carbocycles. The molecule has 2 heteroatoms. The fourth-order valence-corrected chi connectivity index (χ4v) is 2.48. The fourth-order valence-electron chi connectivity index (χ4n) is 2.48. The van der Waals surface area contributed by atoms with E-state index in [2.05, 4.69) is 24.6 Å². The Balaban J connectivity index is 2.78. The zero-order chi connectivity index (χ0) is 12.7. The first-order valence-electron chi connectivity index (χ1n) is 6.82. The Bertz CT molecular complexity index is 307. The van der Waals surface area contributed by atoms with Crippen molar-refractivity contribution in [3.63, 3.8) is 0 Å². The summed E-state index contributed by atoms with van der Waals surface area (Å²) in [6.07, 6.45) is 10.9. The largest absolute Gasteiger partial charge is 0.384 e. The number of nitrogens with two attached hydrogens (primary N) is 1. The van der Waals surface area contributed by atoms with E-state index >= 15 is 0 Å². The number of allylic oxidation sites excluding steroid dienone is 1. The molecule has 96 valence electrons. The highest BCUT2D eigenvalue weighted by molar-refractivity contribution is 6.00. The molecule has 0 heterocycles. The smallest absolute Gasteiger partial charge is 0.125 e. The van der Waals surface area contributed by atoms with Gasteiger partial charge in [-0.15, -0.1) is 0 Å². The average molecular weight is 234 g/mol. The summed E-state index contributed by atoms with van der Waals surface area (Å²) in [4.78, 5) is 4.12. The molecule has 0 amide bonds. The second-order valence-corrected chi connectivity index (χ2v) is 4.88. The second kappa shape index (κ2) is 7.31. The highest BCUT2D eigenvalue weighted by Gasteiger charge is 2.20. The molecule has 0 radical (unpaired) electrons. The van der Waals surface area contributed by atoms with Crippen molar-refractivity contribution >= 4 is 5.84 Å². The minimum absolute atomic E-state index is 0.618. The molecule has 1 aliphatic rings. The van der Waals surface area contributed by atoms with Gasteiger partial charge in [0, 0.05) is 12.6 Å². The van der Waals surface area contributed by atoms with Gasteiger partial charge in [-0.3, -0.25) is 4.99 Å². The topological polar surface area (TPSA) is 38.4 Å². The van der Waals surface area contributed by atoms with Crippen molar-refractivity contribution in [2.45, 2.75) is 51.9 Å². The zero-order valence-corrected chi connectivity index (χ0v) is 11.3. The van der Waals surface area contributed by atoms with Crippen molar-refractivity contribution in [2.24, 2.45) is 16.6 Å². The third-order valence-corrected chi connectivity index (χ3v) is 3.60. The van der Waals surface area contributed by atoms with E-state index in [1.165, 1.54) is 37.7 Å². The van der Waals surface area contributed by atoms with Crippen LogP contribution < -0.4 is 5.73 Å². The molecule has 1 saturated carbocycles. The molecule has 0 aromatic heterocycles. The van der Waals surface area contributed by atoms with Gasteiger partial charge in [-0.2, -0.15) is 0 Å². The first-order valence-corrected chi connectivity index (χ1v) is 6.82. The molecule has 2 nitrogen and oxygen atoms in total. The summed E-state index contributed by atoms with van der Waals surface area (Å²) in [5, 5.41) is 0. The summed E-state index contributed by atoms with van der Waals surface area (Å²) in [7, 11) is 1.75. The summed E-state index contributed by atoms with van der Waals surface area (Å²) in [5.41, 5.74) is 8.29. The molecule has 0 spiro atoms. The standard InChI is InChI=1S/C15H26N2/c1-4-5-11-14(15(16)17-3)12(2)13-9-7-6-8-10-13/h11,13H,2,4-10H2,1,3H3,(H2,16,17)/b14-11-. The van der Waals surface area contributed by atoms with E-state index in [0.29, 0.717) is 11.8 Å². The average Bonchev–Trinajstić information content (AvgIpc) is 2.39. The van der Waals surface area contributed by atoms with Gasteiger partial charge in [-0.1, -0.05) is 45.3 Å². The van der Waals surface area contributed by atoms with Crippen LogP contribution in [0.4, 0.5) is 0 Å². The molecule has 1 fully saturated rings. The molecule has 0 saturated heterocycles. The molecule has 1 rings (SSSR count). The minimum Gasteiger partial charge on any atom is -0.384 e. The first kappa shape index (κ1) is 14.0. The lowest BCUT2D eigenvalue weighted by Gasteiger charge is -2.25. The fraction of sp³-hybridized carbons (Fsp3) is 0.667. The van der Waals surface area contributed by atoms with Crippen molar-refractivity contribution in [3.8, 4) is 0 Å². The number of nitrogens with zero attached hydrogens (tertiary/aromatic N) is 1. The van der Waals surface area contributed by atoms with Crippen LogP contribution in [0.5, 0.6) is 0 Å². The summed E-state index contributed by atoms with van der Waals surface area (Å²) < 4.78 is 0. The van der Waals surface area contributed by atoms with Gasteiger partial charge in [0.15, 0.2) is 0 Å². The molecule has 0 unspecified atom stereocenters. The van der Waals surface area contributed by atoms with Gasteiger partial charge in [-0.05, 0) is 30.8 Å². The van der Waals surface area contributed by atoms with Crippen LogP contribution in [-0.2, 0) is 0 Å². The lowest BCUT2D eigenvalue weighted by Crippen LogP contribution is -2.20. The van der Waals surface area contributed by atoms with Crippen molar-refractivity contribution in [1.29, 1.82) is 0 Å². The van der Waals surface area contributed by atoms with Crippen LogP contribution in [0.2, 0.25) is 0 Å². The maximum Gasteiger partial charge on any atom is 0.125 e. The van der Waals surface area contributed by atoms with Crippen LogP contribution in [0.3, 0.4) is 0 Å². The monoisotopic (exact) mass is 234 g/mol. The first-order chi connectivity index (χ1) is 8.20. The summed E-state index contributed by atoms with van der Waals surface area (Å²) in [6, 6.07) is 0. The third-order valence-electron chi connectivity index (χ3n) is 3.60. The van der Waals surface area contributed by atoms with Crippen LogP contribution in [-0.4, -0.2) is 12.9 Å². The van der Waals surface area contributed by atoms with E-state index in [1.54, 1.807) is 7.05 Å². The maximum absolute atomic E-state index is 5.99. The predicted molar refractivity (Wildman–Crippen MR) is 76.3 cm³/mol.